The van der Waals surface area contributed by atoms with Gasteiger partial charge in [0.1, 0.15) is 5.75 Å². The number of nitrogens with zero attached hydrogens (tertiary/aromatic N) is 1. The molecular formula is C14H20N2O3. The van der Waals surface area contributed by atoms with Crippen LogP contribution in [-0.4, -0.2) is 50.3 Å². The molecule has 104 valence electrons. The number of hydrogen-bond donors (Lipinski definition) is 1. The second-order valence-corrected chi connectivity index (χ2v) is 4.54. The first kappa shape index (κ1) is 13.8. The fraction of sp³-hybridized carbons (Fsp3) is 0.500. The fourth-order valence-electron chi connectivity index (χ4n) is 2.28. The topological polar surface area (TPSA) is 64.8 Å². The summed E-state index contributed by atoms with van der Waals surface area (Å²) in [6.07, 6.45) is 0.760. The van der Waals surface area contributed by atoms with Gasteiger partial charge in [-0.3, -0.25) is 4.79 Å². The molecule has 0 spiro atoms. The summed E-state index contributed by atoms with van der Waals surface area (Å²) in [6, 6.07) is 7.28. The summed E-state index contributed by atoms with van der Waals surface area (Å²) in [5.41, 5.74) is 6.23. The largest absolute Gasteiger partial charge is 0.497 e. The molecule has 1 saturated heterocycles. The second-order valence-electron chi connectivity index (χ2n) is 4.54. The van der Waals surface area contributed by atoms with Gasteiger partial charge in [-0.1, -0.05) is 6.07 Å². The van der Waals surface area contributed by atoms with Gasteiger partial charge in [0.15, 0.2) is 0 Å². The van der Waals surface area contributed by atoms with Crippen LogP contribution in [0.4, 0.5) is 0 Å². The Morgan fingerprint density at radius 2 is 2.42 bits per heavy atom. The molecule has 2 rings (SSSR count). The van der Waals surface area contributed by atoms with Crippen molar-refractivity contribution < 1.29 is 14.3 Å². The van der Waals surface area contributed by atoms with Crippen molar-refractivity contribution in [2.75, 3.05) is 33.4 Å². The molecule has 1 amide bonds. The van der Waals surface area contributed by atoms with E-state index < -0.39 is 0 Å². The Kier molecular flexibility index (Phi) is 4.76. The number of benzene rings is 1. The Balaban J connectivity index is 2.16. The van der Waals surface area contributed by atoms with Gasteiger partial charge in [-0.25, -0.2) is 0 Å². The zero-order valence-electron chi connectivity index (χ0n) is 11.2. The van der Waals surface area contributed by atoms with Crippen molar-refractivity contribution in [3.05, 3.63) is 29.8 Å². The lowest BCUT2D eigenvalue weighted by atomic mass is 10.1. The van der Waals surface area contributed by atoms with Gasteiger partial charge < -0.3 is 20.1 Å². The van der Waals surface area contributed by atoms with Crippen LogP contribution >= 0.6 is 0 Å². The van der Waals surface area contributed by atoms with Crippen molar-refractivity contribution in [1.29, 1.82) is 0 Å². The Labute approximate surface area is 113 Å². The van der Waals surface area contributed by atoms with Crippen molar-refractivity contribution in [3.8, 4) is 5.75 Å². The third-order valence-electron chi connectivity index (χ3n) is 3.30. The Morgan fingerprint density at radius 1 is 1.58 bits per heavy atom. The first-order valence-electron chi connectivity index (χ1n) is 6.49. The number of carbonyl (C=O) groups excluding carboxylic acids is 1. The van der Waals surface area contributed by atoms with Gasteiger partial charge in [0.05, 0.1) is 26.4 Å². The predicted molar refractivity (Wildman–Crippen MR) is 72.3 cm³/mol. The highest BCUT2D eigenvalue weighted by Gasteiger charge is 2.27. The van der Waals surface area contributed by atoms with Crippen molar-refractivity contribution in [3.63, 3.8) is 0 Å². The van der Waals surface area contributed by atoms with Gasteiger partial charge in [-0.2, -0.15) is 0 Å². The minimum absolute atomic E-state index is 0.0145. The molecule has 19 heavy (non-hydrogen) atoms. The van der Waals surface area contributed by atoms with Gasteiger partial charge in [0, 0.05) is 12.1 Å². The van der Waals surface area contributed by atoms with Gasteiger partial charge >= 0.3 is 0 Å². The molecule has 5 heteroatoms. The summed E-state index contributed by atoms with van der Waals surface area (Å²) < 4.78 is 10.6. The third-order valence-corrected chi connectivity index (χ3v) is 3.30. The van der Waals surface area contributed by atoms with E-state index in [1.807, 2.05) is 17.0 Å². The molecule has 0 saturated carbocycles. The van der Waals surface area contributed by atoms with Crippen LogP contribution in [0.25, 0.3) is 0 Å². The van der Waals surface area contributed by atoms with Gasteiger partial charge in [0.2, 0.25) is 0 Å². The van der Waals surface area contributed by atoms with Crippen LogP contribution in [0.15, 0.2) is 24.3 Å². The van der Waals surface area contributed by atoms with Crippen molar-refractivity contribution in [2.45, 2.75) is 12.5 Å². The first-order chi connectivity index (χ1) is 9.26. The molecule has 1 aliphatic heterocycles. The highest BCUT2D eigenvalue weighted by Crippen LogP contribution is 2.18. The first-order valence-corrected chi connectivity index (χ1v) is 6.49. The van der Waals surface area contributed by atoms with Crippen LogP contribution in [0.3, 0.4) is 0 Å². The van der Waals surface area contributed by atoms with Crippen LogP contribution < -0.4 is 10.5 Å². The van der Waals surface area contributed by atoms with E-state index in [1.165, 1.54) is 0 Å². The summed E-state index contributed by atoms with van der Waals surface area (Å²) in [5, 5.41) is 0. The van der Waals surface area contributed by atoms with E-state index >= 15 is 0 Å². The van der Waals surface area contributed by atoms with E-state index in [-0.39, 0.29) is 11.9 Å². The quantitative estimate of drug-likeness (QED) is 0.877. The minimum Gasteiger partial charge on any atom is -0.497 e. The lowest BCUT2D eigenvalue weighted by molar-refractivity contribution is -0.00345. The number of morpholine rings is 1. The normalized spacial score (nSPS) is 19.3. The lowest BCUT2D eigenvalue weighted by Gasteiger charge is -2.35. The molecule has 1 atom stereocenters. The van der Waals surface area contributed by atoms with Crippen LogP contribution in [0.1, 0.15) is 16.8 Å². The summed E-state index contributed by atoms with van der Waals surface area (Å²) in [4.78, 5) is 14.4. The average Bonchev–Trinajstić information content (AvgIpc) is 2.47. The molecule has 1 aliphatic rings. The van der Waals surface area contributed by atoms with Crippen LogP contribution in [0, 0.1) is 0 Å². The van der Waals surface area contributed by atoms with Crippen LogP contribution in [0.2, 0.25) is 0 Å². The smallest absolute Gasteiger partial charge is 0.254 e. The average molecular weight is 264 g/mol. The third kappa shape index (κ3) is 3.24. The fourth-order valence-corrected chi connectivity index (χ4v) is 2.28. The molecule has 0 aromatic heterocycles. The second kappa shape index (κ2) is 6.54. The Hall–Kier alpha value is -1.59. The Morgan fingerprint density at radius 3 is 3.16 bits per heavy atom. The zero-order chi connectivity index (χ0) is 13.7. The molecule has 0 bridgehead atoms. The lowest BCUT2D eigenvalue weighted by Crippen LogP contribution is -2.49. The monoisotopic (exact) mass is 264 g/mol. The van der Waals surface area contributed by atoms with E-state index in [0.29, 0.717) is 37.6 Å². The number of rotatable bonds is 4. The van der Waals surface area contributed by atoms with Crippen molar-refractivity contribution >= 4 is 5.91 Å². The molecule has 1 aromatic carbocycles. The SMILES string of the molecule is COc1cccc(C(=O)N2CCOCC2CCN)c1. The summed E-state index contributed by atoms with van der Waals surface area (Å²) >= 11 is 0. The molecule has 1 unspecified atom stereocenters. The van der Waals surface area contributed by atoms with E-state index in [2.05, 4.69) is 0 Å². The van der Waals surface area contributed by atoms with Gasteiger partial charge in [-0.15, -0.1) is 0 Å². The van der Waals surface area contributed by atoms with Crippen molar-refractivity contribution in [2.24, 2.45) is 5.73 Å². The molecule has 5 nitrogen and oxygen atoms in total. The zero-order valence-corrected chi connectivity index (χ0v) is 11.2. The minimum atomic E-state index is 0.0145. The molecular weight excluding hydrogens is 244 g/mol. The number of carbonyl (C=O) groups is 1. The highest BCUT2D eigenvalue weighted by atomic mass is 16.5. The summed E-state index contributed by atoms with van der Waals surface area (Å²) in [5.74, 6) is 0.704. The van der Waals surface area contributed by atoms with E-state index in [4.69, 9.17) is 15.2 Å². The number of hydrogen-bond acceptors (Lipinski definition) is 4. The van der Waals surface area contributed by atoms with Gasteiger partial charge in [-0.05, 0) is 31.2 Å². The predicted octanol–water partition coefficient (Wildman–Crippen LogP) is 0.885. The molecule has 2 N–H and O–H groups in total. The number of methoxy groups -OCH3 is 1. The molecule has 1 fully saturated rings. The maximum Gasteiger partial charge on any atom is 0.254 e. The van der Waals surface area contributed by atoms with Crippen LogP contribution in [0.5, 0.6) is 5.75 Å². The summed E-state index contributed by atoms with van der Waals surface area (Å²) in [7, 11) is 1.59. The number of nitrogens with two attached hydrogens (primary N) is 1. The standard InChI is InChI=1S/C14H20N2O3/c1-18-13-4-2-3-11(9-13)14(17)16-7-8-19-10-12(16)5-6-15/h2-4,9,12H,5-8,10,15H2,1H3. The summed E-state index contributed by atoms with van der Waals surface area (Å²) in [6.45, 7) is 2.31. The van der Waals surface area contributed by atoms with Crippen LogP contribution in [-0.2, 0) is 4.74 Å². The van der Waals surface area contributed by atoms with E-state index in [9.17, 15) is 4.79 Å². The molecule has 1 heterocycles. The number of ether oxygens (including phenoxy) is 2. The van der Waals surface area contributed by atoms with Crippen molar-refractivity contribution in [1.82, 2.24) is 4.90 Å². The maximum absolute atomic E-state index is 12.5. The van der Waals surface area contributed by atoms with E-state index in [0.717, 1.165) is 6.42 Å². The highest BCUT2D eigenvalue weighted by molar-refractivity contribution is 5.94. The Bertz CT molecular complexity index is 434. The van der Waals surface area contributed by atoms with E-state index in [1.54, 1.807) is 19.2 Å². The molecule has 0 aliphatic carbocycles. The maximum atomic E-state index is 12.5. The number of amides is 1. The molecule has 1 aromatic rings. The molecule has 0 radical (unpaired) electrons. The van der Waals surface area contributed by atoms with Gasteiger partial charge in [0.25, 0.3) is 5.91 Å².